The fraction of sp³-hybridized carbons (Fsp3) is 0.150. The molecule has 0 bridgehead atoms. The van der Waals surface area contributed by atoms with E-state index < -0.39 is 0 Å². The molecule has 0 fully saturated rings. The first-order valence-electron chi connectivity index (χ1n) is 8.59. The first-order valence-corrected chi connectivity index (χ1v) is 9.41. The normalized spacial score (nSPS) is 10.9. The van der Waals surface area contributed by atoms with Gasteiger partial charge in [0.2, 0.25) is 5.13 Å². The highest BCUT2D eigenvalue weighted by Gasteiger charge is 2.09. The third-order valence-corrected chi connectivity index (χ3v) is 4.98. The highest BCUT2D eigenvalue weighted by Crippen LogP contribution is 2.29. The number of thiazole rings is 1. The molecule has 27 heavy (non-hydrogen) atoms. The zero-order chi connectivity index (χ0) is 18.8. The van der Waals surface area contributed by atoms with Gasteiger partial charge in [0.05, 0.1) is 22.3 Å². The number of hydrogen-bond acceptors (Lipinski definition) is 6. The number of amides is 1. The smallest absolute Gasteiger partial charge is 0.269 e. The van der Waals surface area contributed by atoms with Crippen molar-refractivity contribution in [1.82, 2.24) is 15.4 Å². The summed E-state index contributed by atoms with van der Waals surface area (Å²) in [6.07, 6.45) is 0. The SMILES string of the molecule is CCOc1ccc2nc(NNC(=O)c3ccc4nc(C)ccc4c3)sc2c1. The van der Waals surface area contributed by atoms with Gasteiger partial charge in [-0.1, -0.05) is 17.4 Å². The lowest BCUT2D eigenvalue weighted by molar-refractivity contribution is 0.0963. The minimum Gasteiger partial charge on any atom is -0.494 e. The molecule has 0 aliphatic heterocycles. The maximum atomic E-state index is 12.4. The number of aromatic nitrogens is 2. The van der Waals surface area contributed by atoms with Crippen molar-refractivity contribution in [3.63, 3.8) is 0 Å². The van der Waals surface area contributed by atoms with Gasteiger partial charge in [-0.2, -0.15) is 0 Å². The molecule has 6 nitrogen and oxygen atoms in total. The molecule has 2 aromatic carbocycles. The lowest BCUT2D eigenvalue weighted by atomic mass is 10.1. The lowest BCUT2D eigenvalue weighted by Crippen LogP contribution is -2.29. The highest BCUT2D eigenvalue weighted by atomic mass is 32.1. The number of carbonyl (C=O) groups excluding carboxylic acids is 1. The van der Waals surface area contributed by atoms with Crippen LogP contribution in [0.5, 0.6) is 5.75 Å². The van der Waals surface area contributed by atoms with Crippen molar-refractivity contribution in [2.45, 2.75) is 13.8 Å². The Morgan fingerprint density at radius 3 is 2.78 bits per heavy atom. The molecular weight excluding hydrogens is 360 g/mol. The first-order chi connectivity index (χ1) is 13.1. The fourth-order valence-electron chi connectivity index (χ4n) is 2.77. The molecule has 0 radical (unpaired) electrons. The number of fused-ring (bicyclic) bond motifs is 2. The minimum absolute atomic E-state index is 0.230. The monoisotopic (exact) mass is 378 g/mol. The molecule has 2 aromatic heterocycles. The Morgan fingerprint density at radius 1 is 1.07 bits per heavy atom. The molecule has 0 unspecified atom stereocenters. The van der Waals surface area contributed by atoms with E-state index in [4.69, 9.17) is 4.74 Å². The molecule has 7 heteroatoms. The third-order valence-electron chi connectivity index (χ3n) is 4.04. The fourth-order valence-corrected chi connectivity index (χ4v) is 3.61. The van der Waals surface area contributed by atoms with Crippen LogP contribution in [0.25, 0.3) is 21.1 Å². The lowest BCUT2D eigenvalue weighted by Gasteiger charge is -2.06. The van der Waals surface area contributed by atoms with Gasteiger partial charge in [0.1, 0.15) is 5.75 Å². The summed E-state index contributed by atoms with van der Waals surface area (Å²) in [5.74, 6) is 0.580. The average Bonchev–Trinajstić information content (AvgIpc) is 3.08. The molecule has 0 atom stereocenters. The maximum Gasteiger partial charge on any atom is 0.269 e. The second-order valence-corrected chi connectivity index (χ2v) is 7.05. The van der Waals surface area contributed by atoms with Crippen LogP contribution in [-0.2, 0) is 0 Å². The Labute approximate surface area is 160 Å². The van der Waals surface area contributed by atoms with Crippen molar-refractivity contribution >= 4 is 43.5 Å². The van der Waals surface area contributed by atoms with E-state index in [9.17, 15) is 4.79 Å². The van der Waals surface area contributed by atoms with Crippen LogP contribution in [0.3, 0.4) is 0 Å². The number of nitrogens with one attached hydrogen (secondary N) is 2. The first kappa shape index (κ1) is 17.2. The van der Waals surface area contributed by atoms with E-state index in [1.165, 1.54) is 11.3 Å². The van der Waals surface area contributed by atoms with E-state index in [-0.39, 0.29) is 5.91 Å². The largest absolute Gasteiger partial charge is 0.494 e. The van der Waals surface area contributed by atoms with Crippen LogP contribution in [0, 0.1) is 6.92 Å². The number of aryl methyl sites for hydroxylation is 1. The molecule has 136 valence electrons. The van der Waals surface area contributed by atoms with Gasteiger partial charge in [-0.3, -0.25) is 20.6 Å². The van der Waals surface area contributed by atoms with Crippen LogP contribution in [0.15, 0.2) is 48.5 Å². The van der Waals surface area contributed by atoms with E-state index in [0.717, 1.165) is 32.6 Å². The van der Waals surface area contributed by atoms with Gasteiger partial charge < -0.3 is 4.74 Å². The van der Waals surface area contributed by atoms with E-state index in [1.807, 2.05) is 56.3 Å². The summed E-state index contributed by atoms with van der Waals surface area (Å²) >= 11 is 1.45. The number of hydrazine groups is 1. The van der Waals surface area contributed by atoms with Crippen molar-refractivity contribution in [1.29, 1.82) is 0 Å². The molecule has 4 rings (SSSR count). The number of hydrogen-bond donors (Lipinski definition) is 2. The second-order valence-electron chi connectivity index (χ2n) is 6.02. The Hall–Kier alpha value is -3.19. The minimum atomic E-state index is -0.230. The molecule has 2 N–H and O–H groups in total. The maximum absolute atomic E-state index is 12.4. The number of benzene rings is 2. The Bertz CT molecular complexity index is 1140. The van der Waals surface area contributed by atoms with Crippen molar-refractivity contribution in [2.75, 3.05) is 12.0 Å². The zero-order valence-electron chi connectivity index (χ0n) is 14.9. The van der Waals surface area contributed by atoms with Gasteiger partial charge in [-0.25, -0.2) is 4.98 Å². The van der Waals surface area contributed by atoms with Crippen LogP contribution in [-0.4, -0.2) is 22.5 Å². The van der Waals surface area contributed by atoms with Crippen molar-refractivity contribution in [3.05, 3.63) is 59.8 Å². The molecule has 2 heterocycles. The second kappa shape index (κ2) is 7.20. The van der Waals surface area contributed by atoms with E-state index >= 15 is 0 Å². The summed E-state index contributed by atoms with van der Waals surface area (Å²) < 4.78 is 6.50. The van der Waals surface area contributed by atoms with Crippen molar-refractivity contribution < 1.29 is 9.53 Å². The van der Waals surface area contributed by atoms with Crippen LogP contribution >= 0.6 is 11.3 Å². The molecular formula is C20H18N4O2S. The number of rotatable bonds is 5. The van der Waals surface area contributed by atoms with Gasteiger partial charge in [0, 0.05) is 16.6 Å². The summed E-state index contributed by atoms with van der Waals surface area (Å²) in [5.41, 5.74) is 8.82. The van der Waals surface area contributed by atoms with Crippen molar-refractivity contribution in [3.8, 4) is 5.75 Å². The number of anilines is 1. The van der Waals surface area contributed by atoms with Gasteiger partial charge in [-0.05, 0) is 56.3 Å². The van der Waals surface area contributed by atoms with Crippen LogP contribution in [0.1, 0.15) is 23.0 Å². The topological polar surface area (TPSA) is 76.1 Å². The molecule has 0 saturated carbocycles. The summed E-state index contributed by atoms with van der Waals surface area (Å²) in [6, 6.07) is 15.1. The highest BCUT2D eigenvalue weighted by molar-refractivity contribution is 7.22. The van der Waals surface area contributed by atoms with Crippen LogP contribution < -0.4 is 15.6 Å². The molecule has 0 aliphatic rings. The zero-order valence-corrected chi connectivity index (χ0v) is 15.8. The summed E-state index contributed by atoms with van der Waals surface area (Å²) in [6.45, 7) is 4.51. The third kappa shape index (κ3) is 3.68. The van der Waals surface area contributed by atoms with Gasteiger partial charge in [-0.15, -0.1) is 0 Å². The van der Waals surface area contributed by atoms with E-state index in [2.05, 4.69) is 20.8 Å². The van der Waals surface area contributed by atoms with E-state index in [1.54, 1.807) is 6.07 Å². The molecule has 0 spiro atoms. The number of nitrogens with zero attached hydrogens (tertiary/aromatic N) is 2. The molecule has 0 saturated heterocycles. The number of carbonyl (C=O) groups is 1. The molecule has 0 aliphatic carbocycles. The van der Waals surface area contributed by atoms with Gasteiger partial charge in [0.15, 0.2) is 0 Å². The van der Waals surface area contributed by atoms with Crippen LogP contribution in [0.4, 0.5) is 5.13 Å². The Kier molecular flexibility index (Phi) is 4.60. The average molecular weight is 378 g/mol. The Morgan fingerprint density at radius 2 is 1.93 bits per heavy atom. The quantitative estimate of drug-likeness (QED) is 0.506. The standard InChI is InChI=1S/C20H18N4O2S/c1-3-26-15-7-9-17-18(11-15)27-20(22-17)24-23-19(25)14-6-8-16-13(10-14)5-4-12(2)21-16/h4-11H,3H2,1-2H3,(H,22,24)(H,23,25). The predicted octanol–water partition coefficient (Wildman–Crippen LogP) is 4.31. The number of ether oxygens (including phenoxy) is 1. The summed E-state index contributed by atoms with van der Waals surface area (Å²) in [4.78, 5) is 21.4. The predicted molar refractivity (Wildman–Crippen MR) is 108 cm³/mol. The Balaban J connectivity index is 1.48. The summed E-state index contributed by atoms with van der Waals surface area (Å²) in [5, 5.41) is 1.54. The van der Waals surface area contributed by atoms with Gasteiger partial charge >= 0.3 is 0 Å². The van der Waals surface area contributed by atoms with E-state index in [0.29, 0.717) is 17.3 Å². The summed E-state index contributed by atoms with van der Waals surface area (Å²) in [7, 11) is 0. The van der Waals surface area contributed by atoms with Crippen molar-refractivity contribution in [2.24, 2.45) is 0 Å². The number of pyridine rings is 1. The molecule has 4 aromatic rings. The van der Waals surface area contributed by atoms with Gasteiger partial charge in [0.25, 0.3) is 5.91 Å². The molecule has 1 amide bonds. The van der Waals surface area contributed by atoms with Crippen LogP contribution in [0.2, 0.25) is 0 Å².